The lowest BCUT2D eigenvalue weighted by Crippen LogP contribution is -2.40. The summed E-state index contributed by atoms with van der Waals surface area (Å²) in [7, 11) is 0. The molecule has 3 rings (SSSR count). The van der Waals surface area contributed by atoms with Crippen molar-refractivity contribution in [1.29, 1.82) is 0 Å². The summed E-state index contributed by atoms with van der Waals surface area (Å²) >= 11 is 0. The van der Waals surface area contributed by atoms with Gasteiger partial charge < -0.3 is 10.1 Å². The first kappa shape index (κ1) is 17.5. The number of benzene rings is 2. The van der Waals surface area contributed by atoms with E-state index in [1.54, 1.807) is 0 Å². The van der Waals surface area contributed by atoms with Crippen molar-refractivity contribution in [1.82, 2.24) is 5.32 Å². The molecule has 0 spiro atoms. The Morgan fingerprint density at radius 2 is 1.48 bits per heavy atom. The Labute approximate surface area is 150 Å². The van der Waals surface area contributed by atoms with E-state index >= 15 is 0 Å². The molecular weight excluding hydrogens is 310 g/mol. The van der Waals surface area contributed by atoms with Gasteiger partial charge in [0.05, 0.1) is 0 Å². The third-order valence-corrected chi connectivity index (χ3v) is 4.77. The second kappa shape index (κ2) is 7.30. The summed E-state index contributed by atoms with van der Waals surface area (Å²) in [5.74, 6) is 0.666. The Hall–Kier alpha value is -2.29. The molecule has 1 fully saturated rings. The molecule has 2 aromatic rings. The molecule has 0 aliphatic heterocycles. The lowest BCUT2D eigenvalue weighted by Gasteiger charge is -2.28. The molecule has 3 heteroatoms. The monoisotopic (exact) mass is 337 g/mol. The minimum absolute atomic E-state index is 0.0856. The van der Waals surface area contributed by atoms with E-state index in [1.807, 2.05) is 32.9 Å². The highest BCUT2D eigenvalue weighted by Gasteiger charge is 2.39. The van der Waals surface area contributed by atoms with Crippen molar-refractivity contribution in [2.45, 2.75) is 57.1 Å². The second-order valence-corrected chi connectivity index (χ2v) is 7.78. The fourth-order valence-electron chi connectivity index (χ4n) is 3.83. The van der Waals surface area contributed by atoms with E-state index < -0.39 is 5.60 Å². The van der Waals surface area contributed by atoms with E-state index in [2.05, 4.69) is 53.8 Å². The molecule has 1 amide bonds. The number of alkyl carbamates (subject to hydrolysis) is 1. The van der Waals surface area contributed by atoms with Crippen LogP contribution in [0.5, 0.6) is 0 Å². The Morgan fingerprint density at radius 3 is 2.04 bits per heavy atom. The molecule has 1 N–H and O–H groups in total. The van der Waals surface area contributed by atoms with E-state index in [0.29, 0.717) is 5.92 Å². The zero-order chi connectivity index (χ0) is 17.9. The fraction of sp³-hybridized carbons (Fsp3) is 0.409. The number of carbonyl (C=O) groups excluding carboxylic acids is 1. The van der Waals surface area contributed by atoms with Crippen molar-refractivity contribution in [3.05, 3.63) is 71.8 Å². The number of hydrogen-bond donors (Lipinski definition) is 1. The van der Waals surface area contributed by atoms with E-state index in [1.165, 1.54) is 11.1 Å². The van der Waals surface area contributed by atoms with Crippen LogP contribution in [0.25, 0.3) is 0 Å². The van der Waals surface area contributed by atoms with Gasteiger partial charge in [-0.3, -0.25) is 0 Å². The number of amides is 1. The van der Waals surface area contributed by atoms with Crippen LogP contribution in [-0.2, 0) is 4.74 Å². The summed E-state index contributed by atoms with van der Waals surface area (Å²) < 4.78 is 5.47. The highest BCUT2D eigenvalue weighted by molar-refractivity contribution is 5.68. The molecule has 0 bridgehead atoms. The quantitative estimate of drug-likeness (QED) is 0.831. The van der Waals surface area contributed by atoms with Crippen molar-refractivity contribution in [2.75, 3.05) is 0 Å². The van der Waals surface area contributed by atoms with Gasteiger partial charge in [0.1, 0.15) is 5.60 Å². The minimum Gasteiger partial charge on any atom is -0.444 e. The van der Waals surface area contributed by atoms with Gasteiger partial charge in [0.15, 0.2) is 0 Å². The second-order valence-electron chi connectivity index (χ2n) is 7.78. The molecule has 2 aromatic carbocycles. The summed E-state index contributed by atoms with van der Waals surface area (Å²) in [6.07, 6.45) is 1.69. The topological polar surface area (TPSA) is 38.3 Å². The van der Waals surface area contributed by atoms with E-state index in [0.717, 1.165) is 12.8 Å². The Morgan fingerprint density at radius 1 is 0.920 bits per heavy atom. The van der Waals surface area contributed by atoms with Crippen molar-refractivity contribution >= 4 is 6.09 Å². The van der Waals surface area contributed by atoms with Gasteiger partial charge in [-0.25, -0.2) is 4.79 Å². The third kappa shape index (κ3) is 4.41. The minimum atomic E-state index is -0.482. The summed E-state index contributed by atoms with van der Waals surface area (Å²) in [6, 6.07) is 21.2. The van der Waals surface area contributed by atoms with Crippen LogP contribution in [-0.4, -0.2) is 17.7 Å². The number of rotatable bonds is 3. The molecule has 25 heavy (non-hydrogen) atoms. The third-order valence-electron chi connectivity index (χ3n) is 4.77. The largest absolute Gasteiger partial charge is 0.444 e. The summed E-state index contributed by atoms with van der Waals surface area (Å²) in [6.45, 7) is 5.67. The predicted octanol–water partition coefficient (Wildman–Crippen LogP) is 5.24. The molecule has 1 saturated carbocycles. The summed E-state index contributed by atoms with van der Waals surface area (Å²) in [5.41, 5.74) is 2.13. The normalized spacial score (nSPS) is 23.2. The zero-order valence-electron chi connectivity index (χ0n) is 15.2. The molecule has 0 heterocycles. The fourth-order valence-corrected chi connectivity index (χ4v) is 3.83. The van der Waals surface area contributed by atoms with Crippen molar-refractivity contribution in [3.8, 4) is 0 Å². The van der Waals surface area contributed by atoms with Crippen molar-refractivity contribution in [2.24, 2.45) is 0 Å². The Kier molecular flexibility index (Phi) is 5.12. The number of ether oxygens (including phenoxy) is 1. The zero-order valence-corrected chi connectivity index (χ0v) is 15.2. The molecular formula is C22H27NO2. The van der Waals surface area contributed by atoms with E-state index in [-0.39, 0.29) is 18.1 Å². The summed E-state index contributed by atoms with van der Waals surface area (Å²) in [5, 5.41) is 3.12. The van der Waals surface area contributed by atoms with Crippen LogP contribution in [0.15, 0.2) is 60.7 Å². The van der Waals surface area contributed by atoms with Crippen LogP contribution in [0.1, 0.15) is 56.6 Å². The maximum atomic E-state index is 12.3. The van der Waals surface area contributed by atoms with Gasteiger partial charge in [0, 0.05) is 12.0 Å². The molecule has 132 valence electrons. The molecule has 0 saturated heterocycles. The van der Waals surface area contributed by atoms with Crippen LogP contribution < -0.4 is 5.32 Å². The van der Waals surface area contributed by atoms with E-state index in [4.69, 9.17) is 4.74 Å². The average Bonchev–Trinajstić information content (AvgIpc) is 2.98. The SMILES string of the molecule is CC(C)(C)OC(=O)N[C@H]1CC[C@@H](c2ccccc2)[C@@H]1c1ccccc1. The first-order valence-electron chi connectivity index (χ1n) is 9.03. The molecule has 0 aromatic heterocycles. The van der Waals surface area contributed by atoms with Gasteiger partial charge in [0.2, 0.25) is 0 Å². The van der Waals surface area contributed by atoms with Crippen LogP contribution in [0.4, 0.5) is 4.79 Å². The Balaban J connectivity index is 1.84. The van der Waals surface area contributed by atoms with Crippen molar-refractivity contribution in [3.63, 3.8) is 0 Å². The number of hydrogen-bond acceptors (Lipinski definition) is 2. The molecule has 0 unspecified atom stereocenters. The van der Waals surface area contributed by atoms with Gasteiger partial charge in [-0.15, -0.1) is 0 Å². The predicted molar refractivity (Wildman–Crippen MR) is 101 cm³/mol. The molecule has 1 aliphatic carbocycles. The maximum Gasteiger partial charge on any atom is 0.407 e. The number of carbonyl (C=O) groups is 1. The van der Waals surface area contributed by atoms with Crippen LogP contribution in [0.2, 0.25) is 0 Å². The van der Waals surface area contributed by atoms with Crippen LogP contribution >= 0.6 is 0 Å². The van der Waals surface area contributed by atoms with Crippen molar-refractivity contribution < 1.29 is 9.53 Å². The molecule has 3 nitrogen and oxygen atoms in total. The van der Waals surface area contributed by atoms with Crippen LogP contribution in [0.3, 0.4) is 0 Å². The van der Waals surface area contributed by atoms with Crippen LogP contribution in [0, 0.1) is 0 Å². The number of nitrogens with one attached hydrogen (secondary N) is 1. The molecule has 0 radical (unpaired) electrons. The lowest BCUT2D eigenvalue weighted by molar-refractivity contribution is 0.0500. The highest BCUT2D eigenvalue weighted by atomic mass is 16.6. The first-order valence-corrected chi connectivity index (χ1v) is 9.03. The lowest BCUT2D eigenvalue weighted by atomic mass is 9.82. The van der Waals surface area contributed by atoms with Gasteiger partial charge >= 0.3 is 6.09 Å². The smallest absolute Gasteiger partial charge is 0.407 e. The average molecular weight is 337 g/mol. The Bertz CT molecular complexity index is 691. The summed E-state index contributed by atoms with van der Waals surface area (Å²) in [4.78, 5) is 12.3. The van der Waals surface area contributed by atoms with E-state index in [9.17, 15) is 4.79 Å². The molecule has 3 atom stereocenters. The standard InChI is InChI=1S/C22H27NO2/c1-22(2,3)25-21(24)23-19-15-14-18(16-10-6-4-7-11-16)20(19)17-12-8-5-9-13-17/h4-13,18-20H,14-15H2,1-3H3,(H,23,24)/t18-,19-,20-/m0/s1. The van der Waals surface area contributed by atoms with Gasteiger partial charge in [-0.2, -0.15) is 0 Å². The van der Waals surface area contributed by atoms with Gasteiger partial charge in [-0.05, 0) is 50.7 Å². The maximum absolute atomic E-state index is 12.3. The first-order chi connectivity index (χ1) is 11.9. The highest BCUT2D eigenvalue weighted by Crippen LogP contribution is 2.46. The van der Waals surface area contributed by atoms with Gasteiger partial charge in [0.25, 0.3) is 0 Å². The molecule has 1 aliphatic rings. The van der Waals surface area contributed by atoms with Gasteiger partial charge in [-0.1, -0.05) is 60.7 Å².